The third-order valence-electron chi connectivity index (χ3n) is 3.89. The highest BCUT2D eigenvalue weighted by atomic mass is 16.5. The Bertz CT molecular complexity index is 485. The van der Waals surface area contributed by atoms with Gasteiger partial charge in [-0.3, -0.25) is 0 Å². The van der Waals surface area contributed by atoms with Gasteiger partial charge in [0.15, 0.2) is 0 Å². The number of carbonyl (C=O) groups excluding carboxylic acids is 1. The zero-order chi connectivity index (χ0) is 11.7. The summed E-state index contributed by atoms with van der Waals surface area (Å²) in [5, 5.41) is 0. The summed E-state index contributed by atoms with van der Waals surface area (Å²) in [6, 6.07) is 6.27. The molecule has 1 fully saturated rings. The van der Waals surface area contributed by atoms with Crippen molar-refractivity contribution in [3.63, 3.8) is 0 Å². The molecule has 0 amide bonds. The highest BCUT2D eigenvalue weighted by molar-refractivity contribution is 5.45. The van der Waals surface area contributed by atoms with Gasteiger partial charge < -0.3 is 4.74 Å². The number of isocyanates is 1. The van der Waals surface area contributed by atoms with E-state index in [1.165, 1.54) is 5.56 Å². The topological polar surface area (TPSA) is 38.7 Å². The number of fused-ring (bicyclic) bond motifs is 1. The lowest BCUT2D eigenvalue weighted by Crippen LogP contribution is -2.32. The van der Waals surface area contributed by atoms with Gasteiger partial charge in [0.05, 0.1) is 12.1 Å². The Hall–Kier alpha value is -1.60. The summed E-state index contributed by atoms with van der Waals surface area (Å²) in [6.45, 7) is 0.792. The van der Waals surface area contributed by atoms with E-state index in [-0.39, 0.29) is 5.54 Å². The molecule has 1 aromatic rings. The second kappa shape index (κ2) is 4.01. The molecule has 0 unspecified atom stereocenters. The van der Waals surface area contributed by atoms with Crippen LogP contribution in [0.4, 0.5) is 0 Å². The first kappa shape index (κ1) is 10.5. The van der Waals surface area contributed by atoms with Crippen molar-refractivity contribution in [2.45, 2.75) is 37.6 Å². The average molecular weight is 229 g/mol. The molecule has 0 bridgehead atoms. The zero-order valence-corrected chi connectivity index (χ0v) is 9.74. The van der Waals surface area contributed by atoms with Crippen molar-refractivity contribution in [1.29, 1.82) is 0 Å². The van der Waals surface area contributed by atoms with Gasteiger partial charge in [0, 0.05) is 0 Å². The van der Waals surface area contributed by atoms with Crippen molar-refractivity contribution in [2.75, 3.05) is 6.61 Å². The molecule has 17 heavy (non-hydrogen) atoms. The fourth-order valence-corrected chi connectivity index (χ4v) is 2.69. The molecule has 1 aliphatic heterocycles. The molecule has 88 valence electrons. The molecule has 1 heterocycles. The quantitative estimate of drug-likeness (QED) is 0.577. The van der Waals surface area contributed by atoms with Crippen molar-refractivity contribution >= 4 is 6.08 Å². The number of nitrogens with zero attached hydrogens (tertiary/aromatic N) is 1. The van der Waals surface area contributed by atoms with E-state index in [1.54, 1.807) is 6.08 Å². The van der Waals surface area contributed by atoms with Gasteiger partial charge in [0.2, 0.25) is 6.08 Å². The average Bonchev–Trinajstić information content (AvgIpc) is 2.33. The molecular formula is C14H15NO2. The molecule has 0 aromatic heterocycles. The van der Waals surface area contributed by atoms with Crippen LogP contribution in [0.2, 0.25) is 0 Å². The highest BCUT2D eigenvalue weighted by Gasteiger charge is 2.39. The van der Waals surface area contributed by atoms with Crippen LogP contribution in [-0.2, 0) is 16.8 Å². The van der Waals surface area contributed by atoms with Crippen LogP contribution in [0.3, 0.4) is 0 Å². The van der Waals surface area contributed by atoms with Gasteiger partial charge in [0.25, 0.3) is 0 Å². The van der Waals surface area contributed by atoms with Crippen LogP contribution in [0.25, 0.3) is 0 Å². The molecule has 0 spiro atoms. The normalized spacial score (nSPS) is 20.5. The van der Waals surface area contributed by atoms with Gasteiger partial charge in [-0.1, -0.05) is 12.1 Å². The summed E-state index contributed by atoms with van der Waals surface area (Å²) in [4.78, 5) is 14.6. The van der Waals surface area contributed by atoms with Crippen LogP contribution in [0.5, 0.6) is 5.75 Å². The van der Waals surface area contributed by atoms with Crippen LogP contribution in [0.1, 0.15) is 36.8 Å². The lowest BCUT2D eigenvalue weighted by Gasteiger charge is -2.37. The van der Waals surface area contributed by atoms with E-state index in [0.717, 1.165) is 50.0 Å². The lowest BCUT2D eigenvalue weighted by atomic mass is 9.72. The van der Waals surface area contributed by atoms with Gasteiger partial charge in [-0.25, -0.2) is 4.79 Å². The summed E-state index contributed by atoms with van der Waals surface area (Å²) < 4.78 is 5.67. The Morgan fingerprint density at radius 2 is 2.18 bits per heavy atom. The molecule has 1 aliphatic carbocycles. The van der Waals surface area contributed by atoms with E-state index in [0.29, 0.717) is 0 Å². The first-order chi connectivity index (χ1) is 8.34. The molecule has 0 N–H and O–H groups in total. The lowest BCUT2D eigenvalue weighted by molar-refractivity contribution is 0.251. The summed E-state index contributed by atoms with van der Waals surface area (Å²) in [5.74, 6) is 0.973. The largest absolute Gasteiger partial charge is 0.493 e. The Morgan fingerprint density at radius 3 is 2.88 bits per heavy atom. The Labute approximate surface area is 101 Å². The molecule has 0 radical (unpaired) electrons. The standard InChI is InChI=1S/C14H15NO2/c16-10-15-14(6-2-7-14)12-5-4-11-3-1-8-17-13(11)9-12/h4-5,9H,1-3,6-8H2. The molecule has 3 nitrogen and oxygen atoms in total. The number of ether oxygens (including phenoxy) is 1. The zero-order valence-electron chi connectivity index (χ0n) is 9.74. The maximum atomic E-state index is 10.6. The summed E-state index contributed by atoms with van der Waals surface area (Å²) in [7, 11) is 0. The molecule has 0 saturated heterocycles. The summed E-state index contributed by atoms with van der Waals surface area (Å²) in [6.07, 6.45) is 6.91. The van der Waals surface area contributed by atoms with Gasteiger partial charge in [-0.15, -0.1) is 0 Å². The van der Waals surface area contributed by atoms with Crippen LogP contribution in [0.15, 0.2) is 23.2 Å². The molecule has 3 rings (SSSR count). The second-order valence-electron chi connectivity index (χ2n) is 4.86. The first-order valence-electron chi connectivity index (χ1n) is 6.19. The third-order valence-corrected chi connectivity index (χ3v) is 3.89. The Kier molecular flexibility index (Phi) is 2.49. The molecule has 3 heteroatoms. The minimum absolute atomic E-state index is 0.308. The fraction of sp³-hybridized carbons (Fsp3) is 0.500. The maximum Gasteiger partial charge on any atom is 0.235 e. The summed E-state index contributed by atoms with van der Waals surface area (Å²) >= 11 is 0. The Morgan fingerprint density at radius 1 is 1.29 bits per heavy atom. The van der Waals surface area contributed by atoms with Crippen molar-refractivity contribution < 1.29 is 9.53 Å². The minimum Gasteiger partial charge on any atom is -0.493 e. The fourth-order valence-electron chi connectivity index (χ4n) is 2.69. The van der Waals surface area contributed by atoms with Crippen molar-refractivity contribution in [2.24, 2.45) is 4.99 Å². The predicted octanol–water partition coefficient (Wildman–Crippen LogP) is 2.73. The molecule has 1 aromatic carbocycles. The number of rotatable bonds is 2. The molecular weight excluding hydrogens is 214 g/mol. The maximum absolute atomic E-state index is 10.6. The minimum atomic E-state index is -0.308. The molecule has 1 saturated carbocycles. The third kappa shape index (κ3) is 1.67. The number of hydrogen-bond acceptors (Lipinski definition) is 3. The van der Waals surface area contributed by atoms with Crippen LogP contribution >= 0.6 is 0 Å². The number of hydrogen-bond donors (Lipinski definition) is 0. The van der Waals surface area contributed by atoms with Crippen LogP contribution in [0, 0.1) is 0 Å². The van der Waals surface area contributed by atoms with Gasteiger partial charge >= 0.3 is 0 Å². The predicted molar refractivity (Wildman–Crippen MR) is 63.9 cm³/mol. The number of benzene rings is 1. The van der Waals surface area contributed by atoms with Crippen molar-refractivity contribution in [1.82, 2.24) is 0 Å². The van der Waals surface area contributed by atoms with Gasteiger partial charge in [0.1, 0.15) is 5.75 Å². The molecule has 0 atom stereocenters. The molecule has 2 aliphatic rings. The van der Waals surface area contributed by atoms with E-state index < -0.39 is 0 Å². The summed E-state index contributed by atoms with van der Waals surface area (Å²) in [5.41, 5.74) is 2.06. The van der Waals surface area contributed by atoms with E-state index >= 15 is 0 Å². The van der Waals surface area contributed by atoms with Crippen molar-refractivity contribution in [3.05, 3.63) is 29.3 Å². The first-order valence-corrected chi connectivity index (χ1v) is 6.19. The van der Waals surface area contributed by atoms with Crippen LogP contribution in [-0.4, -0.2) is 12.7 Å². The van der Waals surface area contributed by atoms with Gasteiger partial charge in [-0.05, 0) is 49.3 Å². The monoisotopic (exact) mass is 229 g/mol. The number of aliphatic imine (C=N–C) groups is 1. The van der Waals surface area contributed by atoms with E-state index in [1.807, 2.05) is 0 Å². The smallest absolute Gasteiger partial charge is 0.235 e. The highest BCUT2D eigenvalue weighted by Crippen LogP contribution is 2.46. The van der Waals surface area contributed by atoms with E-state index in [9.17, 15) is 4.79 Å². The Balaban J connectivity index is 2.00. The van der Waals surface area contributed by atoms with E-state index in [2.05, 4.69) is 23.2 Å². The van der Waals surface area contributed by atoms with Crippen molar-refractivity contribution in [3.8, 4) is 5.75 Å². The SMILES string of the molecule is O=C=NC1(c2ccc3c(c2)OCCC3)CCC1. The second-order valence-corrected chi connectivity index (χ2v) is 4.86. The number of aryl methyl sites for hydroxylation is 1. The van der Waals surface area contributed by atoms with E-state index in [4.69, 9.17) is 4.74 Å². The van der Waals surface area contributed by atoms with Gasteiger partial charge in [-0.2, -0.15) is 4.99 Å². The van der Waals surface area contributed by atoms with Crippen LogP contribution < -0.4 is 4.74 Å².